The van der Waals surface area contributed by atoms with Gasteiger partial charge in [-0.2, -0.15) is 0 Å². The van der Waals surface area contributed by atoms with Crippen molar-refractivity contribution >= 4 is 34.8 Å². The van der Waals surface area contributed by atoms with Crippen molar-refractivity contribution in [1.29, 1.82) is 0 Å². The van der Waals surface area contributed by atoms with Crippen molar-refractivity contribution < 1.29 is 14.3 Å². The largest absolute Gasteiger partial charge is 0.493 e. The molecule has 0 saturated heterocycles. The summed E-state index contributed by atoms with van der Waals surface area (Å²) in [6.07, 6.45) is 1.93. The van der Waals surface area contributed by atoms with E-state index >= 15 is 0 Å². The van der Waals surface area contributed by atoms with E-state index in [-0.39, 0.29) is 16.9 Å². The van der Waals surface area contributed by atoms with Crippen molar-refractivity contribution in [2.45, 2.75) is 33.6 Å². The monoisotopic (exact) mass is 427 g/mol. The van der Waals surface area contributed by atoms with E-state index in [0.717, 1.165) is 12.8 Å². The van der Waals surface area contributed by atoms with Gasteiger partial charge in [-0.25, -0.2) is 0 Å². The van der Waals surface area contributed by atoms with Crippen LogP contribution in [0.25, 0.3) is 0 Å². The Bertz CT molecular complexity index is 882. The molecule has 0 saturated carbocycles. The fourth-order valence-electron chi connectivity index (χ4n) is 2.86. The summed E-state index contributed by atoms with van der Waals surface area (Å²) in [5.74, 6) is 0.129. The van der Waals surface area contributed by atoms with Crippen LogP contribution in [-0.4, -0.2) is 41.5 Å². The molecule has 2 N–H and O–H groups in total. The average molecular weight is 428 g/mol. The lowest BCUT2D eigenvalue weighted by atomic mass is 10.1. The molecule has 2 aromatic rings. The highest BCUT2D eigenvalue weighted by Crippen LogP contribution is 2.18. The first kappa shape index (κ1) is 23.3. The normalized spacial score (nSPS) is 10.2. The average Bonchev–Trinajstić information content (AvgIpc) is 2.75. The molecule has 0 radical (unpaired) electrons. The van der Waals surface area contributed by atoms with Gasteiger partial charge in [-0.3, -0.25) is 14.9 Å². The number of hydrogen-bond acceptors (Lipinski definition) is 4. The second kappa shape index (κ2) is 11.9. The first-order chi connectivity index (χ1) is 14.5. The van der Waals surface area contributed by atoms with E-state index in [9.17, 15) is 9.59 Å². The van der Waals surface area contributed by atoms with Crippen LogP contribution in [0.5, 0.6) is 5.75 Å². The lowest BCUT2D eigenvalue weighted by molar-refractivity contribution is 0.0772. The van der Waals surface area contributed by atoms with Crippen LogP contribution in [0.4, 0.5) is 5.69 Å². The van der Waals surface area contributed by atoms with Gasteiger partial charge in [-0.05, 0) is 62.8 Å². The zero-order valence-corrected chi connectivity index (χ0v) is 18.6. The summed E-state index contributed by atoms with van der Waals surface area (Å²) < 4.78 is 5.72. The molecule has 160 valence electrons. The molecule has 0 aliphatic heterocycles. The third-order valence-electron chi connectivity index (χ3n) is 4.53. The minimum absolute atomic E-state index is 0.0447. The highest BCUT2D eigenvalue weighted by atomic mass is 32.1. The molecule has 6 nitrogen and oxygen atoms in total. The van der Waals surface area contributed by atoms with E-state index in [1.54, 1.807) is 47.4 Å². The van der Waals surface area contributed by atoms with Crippen molar-refractivity contribution in [3.05, 3.63) is 59.7 Å². The number of ether oxygens (including phenoxy) is 1. The predicted octanol–water partition coefficient (Wildman–Crippen LogP) is 4.47. The van der Waals surface area contributed by atoms with Crippen LogP contribution < -0.4 is 15.4 Å². The fourth-order valence-corrected chi connectivity index (χ4v) is 3.07. The number of hydrogen-bond donors (Lipinski definition) is 2. The number of nitrogens with one attached hydrogen (secondary N) is 2. The van der Waals surface area contributed by atoms with Gasteiger partial charge in [-0.1, -0.05) is 31.5 Å². The number of para-hydroxylation sites is 1. The van der Waals surface area contributed by atoms with Gasteiger partial charge in [0, 0.05) is 24.3 Å². The third-order valence-corrected chi connectivity index (χ3v) is 4.74. The van der Waals surface area contributed by atoms with Gasteiger partial charge in [0.15, 0.2) is 5.11 Å². The first-order valence-corrected chi connectivity index (χ1v) is 10.6. The van der Waals surface area contributed by atoms with E-state index in [1.165, 1.54) is 0 Å². The molecule has 0 bridgehead atoms. The highest BCUT2D eigenvalue weighted by molar-refractivity contribution is 7.80. The number of rotatable bonds is 9. The molecule has 0 aromatic heterocycles. The van der Waals surface area contributed by atoms with E-state index < -0.39 is 0 Å². The minimum atomic E-state index is -0.352. The Morgan fingerprint density at radius 3 is 2.47 bits per heavy atom. The summed E-state index contributed by atoms with van der Waals surface area (Å²) in [5.41, 5.74) is 1.61. The van der Waals surface area contributed by atoms with Crippen LogP contribution in [0, 0.1) is 0 Å². The standard InChI is InChI=1S/C23H29N3O3S/c1-4-7-15-29-20-14-9-8-13-19(20)21(27)25-23(30)24-18-12-10-11-17(16-18)22(28)26(5-2)6-3/h8-14,16H,4-7,15H2,1-3H3,(H2,24,25,27,30). The topological polar surface area (TPSA) is 70.7 Å². The van der Waals surface area contributed by atoms with Gasteiger partial charge in [-0.15, -0.1) is 0 Å². The maximum Gasteiger partial charge on any atom is 0.261 e. The maximum atomic E-state index is 12.7. The van der Waals surface area contributed by atoms with Crippen molar-refractivity contribution in [2.24, 2.45) is 0 Å². The van der Waals surface area contributed by atoms with Crippen molar-refractivity contribution in [2.75, 3.05) is 25.0 Å². The molecule has 2 rings (SSSR count). The lowest BCUT2D eigenvalue weighted by Crippen LogP contribution is -2.34. The number of nitrogens with zero attached hydrogens (tertiary/aromatic N) is 1. The number of amides is 2. The van der Waals surface area contributed by atoms with Gasteiger partial charge in [0.1, 0.15) is 5.75 Å². The van der Waals surface area contributed by atoms with E-state index in [4.69, 9.17) is 17.0 Å². The Balaban J connectivity index is 2.04. The van der Waals surface area contributed by atoms with Crippen molar-refractivity contribution in [1.82, 2.24) is 10.2 Å². The lowest BCUT2D eigenvalue weighted by Gasteiger charge is -2.19. The van der Waals surface area contributed by atoms with Gasteiger partial charge < -0.3 is 15.0 Å². The molecular weight excluding hydrogens is 398 g/mol. The Morgan fingerprint density at radius 1 is 1.03 bits per heavy atom. The molecule has 0 heterocycles. The third kappa shape index (κ3) is 6.56. The predicted molar refractivity (Wildman–Crippen MR) is 124 cm³/mol. The first-order valence-electron chi connectivity index (χ1n) is 10.2. The molecular formula is C23H29N3O3S. The van der Waals surface area contributed by atoms with Crippen LogP contribution in [0.2, 0.25) is 0 Å². The highest BCUT2D eigenvalue weighted by Gasteiger charge is 2.15. The summed E-state index contributed by atoms with van der Waals surface area (Å²) in [5, 5.41) is 5.80. The molecule has 0 fully saturated rings. The molecule has 2 aromatic carbocycles. The Labute approximate surface area is 183 Å². The van der Waals surface area contributed by atoms with Crippen LogP contribution >= 0.6 is 12.2 Å². The molecule has 0 aliphatic rings. The number of anilines is 1. The van der Waals surface area contributed by atoms with Gasteiger partial charge in [0.2, 0.25) is 0 Å². The number of benzene rings is 2. The van der Waals surface area contributed by atoms with Crippen LogP contribution in [0.15, 0.2) is 48.5 Å². The molecule has 30 heavy (non-hydrogen) atoms. The molecule has 2 amide bonds. The summed E-state index contributed by atoms with van der Waals surface area (Å²) in [7, 11) is 0. The SMILES string of the molecule is CCCCOc1ccccc1C(=O)NC(=S)Nc1cccc(C(=O)N(CC)CC)c1. The van der Waals surface area contributed by atoms with Crippen LogP contribution in [-0.2, 0) is 0 Å². The number of carbonyl (C=O) groups excluding carboxylic acids is 2. The number of carbonyl (C=O) groups is 2. The van der Waals surface area contributed by atoms with Gasteiger partial charge in [0.25, 0.3) is 11.8 Å². The number of thiocarbonyl (C=S) groups is 1. The van der Waals surface area contributed by atoms with Crippen LogP contribution in [0.1, 0.15) is 54.3 Å². The van der Waals surface area contributed by atoms with E-state index in [1.807, 2.05) is 19.9 Å². The zero-order valence-electron chi connectivity index (χ0n) is 17.7. The Kier molecular flexibility index (Phi) is 9.28. The van der Waals surface area contributed by atoms with Crippen LogP contribution in [0.3, 0.4) is 0 Å². The molecule has 0 unspecified atom stereocenters. The van der Waals surface area contributed by atoms with Crippen molar-refractivity contribution in [3.63, 3.8) is 0 Å². The summed E-state index contributed by atoms with van der Waals surface area (Å²) >= 11 is 5.29. The van der Waals surface area contributed by atoms with Gasteiger partial charge >= 0.3 is 0 Å². The molecule has 0 spiro atoms. The summed E-state index contributed by atoms with van der Waals surface area (Å²) in [6, 6.07) is 14.1. The molecule has 0 atom stereocenters. The number of unbranched alkanes of at least 4 members (excludes halogenated alkanes) is 1. The Morgan fingerprint density at radius 2 is 1.77 bits per heavy atom. The van der Waals surface area contributed by atoms with E-state index in [2.05, 4.69) is 17.6 Å². The van der Waals surface area contributed by atoms with E-state index in [0.29, 0.717) is 42.3 Å². The van der Waals surface area contributed by atoms with Gasteiger partial charge in [0.05, 0.1) is 12.2 Å². The second-order valence-corrected chi connectivity index (χ2v) is 7.07. The maximum absolute atomic E-state index is 12.7. The second-order valence-electron chi connectivity index (χ2n) is 6.66. The molecule has 0 aliphatic carbocycles. The zero-order chi connectivity index (χ0) is 21.9. The Hall–Kier alpha value is -2.93. The molecule has 7 heteroatoms. The summed E-state index contributed by atoms with van der Waals surface area (Å²) in [4.78, 5) is 26.9. The fraction of sp³-hybridized carbons (Fsp3) is 0.348. The summed E-state index contributed by atoms with van der Waals surface area (Å²) in [6.45, 7) is 7.80. The smallest absolute Gasteiger partial charge is 0.261 e. The quantitative estimate of drug-likeness (QED) is 0.456. The van der Waals surface area contributed by atoms with Crippen molar-refractivity contribution in [3.8, 4) is 5.75 Å². The minimum Gasteiger partial charge on any atom is -0.493 e.